The smallest absolute Gasteiger partial charge is 0.305 e. The molecule has 0 aromatic heterocycles. The highest BCUT2D eigenvalue weighted by atomic mass is 16.5. The number of carbonyl (C=O) groups is 2. The predicted octanol–water partition coefficient (Wildman–Crippen LogP) is 1.42. The monoisotopic (exact) mass is 257 g/mol. The lowest BCUT2D eigenvalue weighted by atomic mass is 9.85. The molecule has 0 bridgehead atoms. The molecule has 0 heterocycles. The van der Waals surface area contributed by atoms with Gasteiger partial charge in [0.05, 0.1) is 18.6 Å². The highest BCUT2D eigenvalue weighted by Crippen LogP contribution is 2.28. The molecular formula is C13H23NO4. The van der Waals surface area contributed by atoms with Crippen molar-refractivity contribution in [2.75, 3.05) is 13.2 Å². The van der Waals surface area contributed by atoms with Crippen LogP contribution in [-0.2, 0) is 14.3 Å². The molecule has 1 aliphatic rings. The zero-order valence-corrected chi connectivity index (χ0v) is 11.4. The van der Waals surface area contributed by atoms with Gasteiger partial charge >= 0.3 is 5.97 Å². The van der Waals surface area contributed by atoms with Crippen LogP contribution in [0, 0.1) is 11.8 Å². The highest BCUT2D eigenvalue weighted by Gasteiger charge is 2.32. The van der Waals surface area contributed by atoms with E-state index in [1.807, 2.05) is 13.8 Å². The van der Waals surface area contributed by atoms with Crippen molar-refractivity contribution in [3.8, 4) is 0 Å². The summed E-state index contributed by atoms with van der Waals surface area (Å²) in [6, 6.07) is 0. The summed E-state index contributed by atoms with van der Waals surface area (Å²) in [6.07, 6.45) is 2.29. The third-order valence-corrected chi connectivity index (χ3v) is 3.50. The zero-order valence-electron chi connectivity index (χ0n) is 11.4. The zero-order chi connectivity index (χ0) is 13.8. The number of nitrogens with one attached hydrogen (secondary N) is 1. The number of rotatable bonds is 8. The molecule has 1 fully saturated rings. The lowest BCUT2D eigenvalue weighted by molar-refractivity contribution is -0.140. The second-order valence-corrected chi connectivity index (χ2v) is 5.65. The Balaban J connectivity index is 2.38. The van der Waals surface area contributed by atoms with Gasteiger partial charge in [-0.3, -0.25) is 9.59 Å². The molecule has 18 heavy (non-hydrogen) atoms. The molecule has 1 amide bonds. The number of carboxylic acids is 1. The van der Waals surface area contributed by atoms with Gasteiger partial charge in [0, 0.05) is 0 Å². The molecule has 0 radical (unpaired) electrons. The Morgan fingerprint density at radius 3 is 2.50 bits per heavy atom. The van der Waals surface area contributed by atoms with E-state index in [0.29, 0.717) is 12.5 Å². The van der Waals surface area contributed by atoms with Crippen LogP contribution in [0.5, 0.6) is 0 Å². The largest absolute Gasteiger partial charge is 0.481 e. The minimum absolute atomic E-state index is 0.0123. The summed E-state index contributed by atoms with van der Waals surface area (Å²) in [5, 5.41) is 11.7. The summed E-state index contributed by atoms with van der Waals surface area (Å²) in [4.78, 5) is 22.5. The Bertz CT molecular complexity index is 312. The molecule has 0 aliphatic heterocycles. The van der Waals surface area contributed by atoms with Gasteiger partial charge in [-0.05, 0) is 31.6 Å². The molecular weight excluding hydrogens is 234 g/mol. The second kappa shape index (κ2) is 6.18. The van der Waals surface area contributed by atoms with Gasteiger partial charge in [0.2, 0.25) is 5.91 Å². The number of hydrogen-bond acceptors (Lipinski definition) is 3. The van der Waals surface area contributed by atoms with Crippen molar-refractivity contribution in [3.05, 3.63) is 0 Å². The quantitative estimate of drug-likeness (QED) is 0.689. The van der Waals surface area contributed by atoms with Crippen LogP contribution in [0.3, 0.4) is 0 Å². The number of amides is 1. The highest BCUT2D eigenvalue weighted by molar-refractivity contribution is 5.79. The minimum atomic E-state index is -0.912. The van der Waals surface area contributed by atoms with Crippen molar-refractivity contribution in [3.63, 3.8) is 0 Å². The van der Waals surface area contributed by atoms with E-state index in [4.69, 9.17) is 9.84 Å². The Morgan fingerprint density at radius 2 is 2.06 bits per heavy atom. The number of hydrogen-bond donors (Lipinski definition) is 2. The third kappa shape index (κ3) is 5.04. The summed E-state index contributed by atoms with van der Waals surface area (Å²) in [5.41, 5.74) is -0.730. The molecule has 5 nitrogen and oxygen atoms in total. The Morgan fingerprint density at radius 1 is 1.44 bits per heavy atom. The molecule has 104 valence electrons. The maximum absolute atomic E-state index is 11.7. The summed E-state index contributed by atoms with van der Waals surface area (Å²) in [7, 11) is 0. The Labute approximate surface area is 108 Å². The van der Waals surface area contributed by atoms with Crippen molar-refractivity contribution in [1.82, 2.24) is 5.32 Å². The summed E-state index contributed by atoms with van der Waals surface area (Å²) in [6.45, 7) is 6.19. The van der Waals surface area contributed by atoms with Crippen LogP contribution in [0.15, 0.2) is 0 Å². The van der Waals surface area contributed by atoms with Crippen LogP contribution in [0.4, 0.5) is 0 Å². The molecule has 0 saturated heterocycles. The van der Waals surface area contributed by atoms with Crippen LogP contribution in [0.2, 0.25) is 0 Å². The van der Waals surface area contributed by atoms with Crippen molar-refractivity contribution in [2.45, 2.75) is 45.6 Å². The van der Waals surface area contributed by atoms with E-state index in [-0.39, 0.29) is 24.9 Å². The van der Waals surface area contributed by atoms with Crippen LogP contribution in [0.25, 0.3) is 0 Å². The van der Waals surface area contributed by atoms with Crippen molar-refractivity contribution in [2.24, 2.45) is 11.8 Å². The molecule has 0 spiro atoms. The average Bonchev–Trinajstić information content (AvgIpc) is 2.99. The van der Waals surface area contributed by atoms with E-state index in [9.17, 15) is 9.59 Å². The fourth-order valence-corrected chi connectivity index (χ4v) is 1.66. The number of carboxylic acid groups (broad SMARTS) is 1. The van der Waals surface area contributed by atoms with Gasteiger partial charge < -0.3 is 15.2 Å². The van der Waals surface area contributed by atoms with Gasteiger partial charge in [0.25, 0.3) is 0 Å². The van der Waals surface area contributed by atoms with Gasteiger partial charge in [0.1, 0.15) is 6.61 Å². The first-order chi connectivity index (χ1) is 8.33. The summed E-state index contributed by atoms with van der Waals surface area (Å²) >= 11 is 0. The fraction of sp³-hybridized carbons (Fsp3) is 0.846. The standard InChI is InChI=1S/C13H23NO4/c1-9(2)13(3,6-12(16)17)14-11(15)8-18-7-10-4-5-10/h9-10H,4-8H2,1-3H3,(H,14,15)(H,16,17). The lowest BCUT2D eigenvalue weighted by Gasteiger charge is -2.33. The van der Waals surface area contributed by atoms with E-state index < -0.39 is 11.5 Å². The van der Waals surface area contributed by atoms with Crippen LogP contribution in [-0.4, -0.2) is 35.7 Å². The fourth-order valence-electron chi connectivity index (χ4n) is 1.66. The van der Waals surface area contributed by atoms with Crippen LogP contribution < -0.4 is 5.32 Å². The van der Waals surface area contributed by atoms with E-state index >= 15 is 0 Å². The third-order valence-electron chi connectivity index (χ3n) is 3.50. The van der Waals surface area contributed by atoms with Gasteiger partial charge in [-0.15, -0.1) is 0 Å². The van der Waals surface area contributed by atoms with Gasteiger partial charge in [-0.2, -0.15) is 0 Å². The average molecular weight is 257 g/mol. The molecule has 5 heteroatoms. The predicted molar refractivity (Wildman–Crippen MR) is 67.2 cm³/mol. The Kier molecular flexibility index (Phi) is 5.14. The lowest BCUT2D eigenvalue weighted by Crippen LogP contribution is -2.52. The van der Waals surface area contributed by atoms with Crippen molar-refractivity contribution >= 4 is 11.9 Å². The molecule has 1 aliphatic carbocycles. The van der Waals surface area contributed by atoms with Gasteiger partial charge in [0.15, 0.2) is 0 Å². The molecule has 0 aromatic carbocycles. The van der Waals surface area contributed by atoms with E-state index in [2.05, 4.69) is 5.32 Å². The van der Waals surface area contributed by atoms with E-state index in [0.717, 1.165) is 0 Å². The maximum Gasteiger partial charge on any atom is 0.305 e. The summed E-state index contributed by atoms with van der Waals surface area (Å²) in [5.74, 6) is -0.493. The molecule has 2 N–H and O–H groups in total. The first-order valence-electron chi connectivity index (χ1n) is 6.44. The first-order valence-corrected chi connectivity index (χ1v) is 6.44. The van der Waals surface area contributed by atoms with E-state index in [1.54, 1.807) is 6.92 Å². The van der Waals surface area contributed by atoms with Crippen molar-refractivity contribution in [1.29, 1.82) is 0 Å². The van der Waals surface area contributed by atoms with Gasteiger partial charge in [-0.25, -0.2) is 0 Å². The minimum Gasteiger partial charge on any atom is -0.481 e. The number of carbonyl (C=O) groups excluding carboxylic acids is 1. The second-order valence-electron chi connectivity index (χ2n) is 5.65. The summed E-state index contributed by atoms with van der Waals surface area (Å²) < 4.78 is 5.29. The molecule has 0 aromatic rings. The van der Waals surface area contributed by atoms with Crippen molar-refractivity contribution < 1.29 is 19.4 Å². The SMILES string of the molecule is CC(C)C(C)(CC(=O)O)NC(=O)COCC1CC1. The molecule has 1 rings (SSSR count). The maximum atomic E-state index is 11.7. The van der Waals surface area contributed by atoms with E-state index in [1.165, 1.54) is 12.8 Å². The molecule has 1 atom stereocenters. The van der Waals surface area contributed by atoms with Crippen LogP contribution >= 0.6 is 0 Å². The molecule has 1 unspecified atom stereocenters. The van der Waals surface area contributed by atoms with Crippen LogP contribution in [0.1, 0.15) is 40.0 Å². The van der Waals surface area contributed by atoms with Gasteiger partial charge in [-0.1, -0.05) is 13.8 Å². The topological polar surface area (TPSA) is 75.6 Å². The first kappa shape index (κ1) is 15.0. The number of ether oxygens (including phenoxy) is 1. The normalized spacial score (nSPS) is 18.4. The molecule has 1 saturated carbocycles. The Hall–Kier alpha value is -1.10. The number of aliphatic carboxylic acids is 1.